The molecule has 0 aliphatic rings. The second-order valence-corrected chi connectivity index (χ2v) is 6.71. The van der Waals surface area contributed by atoms with Crippen molar-refractivity contribution in [2.45, 2.75) is 13.3 Å². The summed E-state index contributed by atoms with van der Waals surface area (Å²) in [5.74, 6) is 0.897. The van der Waals surface area contributed by atoms with Crippen LogP contribution < -0.4 is 5.32 Å². The first kappa shape index (κ1) is 17.0. The lowest BCUT2D eigenvalue weighted by atomic mass is 10.1. The normalized spacial score (nSPS) is 10.9. The van der Waals surface area contributed by atoms with E-state index in [4.69, 9.17) is 4.98 Å². The predicted molar refractivity (Wildman–Crippen MR) is 110 cm³/mol. The van der Waals surface area contributed by atoms with Crippen molar-refractivity contribution in [2.24, 2.45) is 7.05 Å². The topological polar surface area (TPSA) is 46.9 Å². The van der Waals surface area contributed by atoms with Crippen LogP contribution in [0.15, 0.2) is 72.8 Å². The highest BCUT2D eigenvalue weighted by Crippen LogP contribution is 2.24. The number of nitrogens with one attached hydrogen (secondary N) is 1. The van der Waals surface area contributed by atoms with E-state index in [-0.39, 0.29) is 5.91 Å². The van der Waals surface area contributed by atoms with Crippen molar-refractivity contribution in [3.8, 4) is 11.4 Å². The number of imidazole rings is 1. The number of aryl methyl sites for hydroxylation is 2. The molecule has 0 fully saturated rings. The van der Waals surface area contributed by atoms with Crippen LogP contribution in [0.5, 0.6) is 0 Å². The van der Waals surface area contributed by atoms with E-state index < -0.39 is 0 Å². The van der Waals surface area contributed by atoms with Crippen LogP contribution in [0, 0.1) is 6.92 Å². The summed E-state index contributed by atoms with van der Waals surface area (Å²) in [5, 5.41) is 2.97. The van der Waals surface area contributed by atoms with Gasteiger partial charge >= 0.3 is 0 Å². The quantitative estimate of drug-likeness (QED) is 0.575. The summed E-state index contributed by atoms with van der Waals surface area (Å²) in [5.41, 5.74) is 6.06. The number of amides is 1. The maximum atomic E-state index is 12.3. The van der Waals surface area contributed by atoms with Crippen LogP contribution in [-0.2, 0) is 18.3 Å². The molecule has 4 heteroatoms. The molecule has 4 rings (SSSR count). The molecule has 1 amide bonds. The molecule has 0 unspecified atom stereocenters. The second kappa shape index (κ2) is 7.08. The number of carbonyl (C=O) groups is 1. The van der Waals surface area contributed by atoms with E-state index in [9.17, 15) is 4.79 Å². The number of anilines is 1. The van der Waals surface area contributed by atoms with E-state index >= 15 is 0 Å². The lowest BCUT2D eigenvalue weighted by Crippen LogP contribution is -2.14. The molecule has 0 aliphatic carbocycles. The Morgan fingerprint density at radius 2 is 1.67 bits per heavy atom. The Kier molecular flexibility index (Phi) is 4.47. The van der Waals surface area contributed by atoms with Gasteiger partial charge < -0.3 is 9.88 Å². The van der Waals surface area contributed by atoms with E-state index in [1.807, 2.05) is 80.7 Å². The van der Waals surface area contributed by atoms with Crippen LogP contribution in [-0.4, -0.2) is 15.5 Å². The van der Waals surface area contributed by atoms with Crippen molar-refractivity contribution in [1.82, 2.24) is 9.55 Å². The largest absolute Gasteiger partial charge is 0.327 e. The monoisotopic (exact) mass is 355 g/mol. The van der Waals surface area contributed by atoms with Crippen molar-refractivity contribution in [3.63, 3.8) is 0 Å². The molecule has 0 spiro atoms. The number of benzene rings is 3. The molecule has 1 aromatic heterocycles. The van der Waals surface area contributed by atoms with E-state index in [1.165, 1.54) is 0 Å². The average molecular weight is 355 g/mol. The van der Waals surface area contributed by atoms with Gasteiger partial charge in [0.2, 0.25) is 5.91 Å². The maximum absolute atomic E-state index is 12.3. The molecule has 3 aromatic carbocycles. The molecule has 1 N–H and O–H groups in total. The zero-order chi connectivity index (χ0) is 18.8. The smallest absolute Gasteiger partial charge is 0.228 e. The van der Waals surface area contributed by atoms with Gasteiger partial charge in [0, 0.05) is 18.3 Å². The van der Waals surface area contributed by atoms with Gasteiger partial charge in [-0.15, -0.1) is 0 Å². The molecule has 27 heavy (non-hydrogen) atoms. The molecule has 0 atom stereocenters. The van der Waals surface area contributed by atoms with Crippen LogP contribution >= 0.6 is 0 Å². The Bertz CT molecular complexity index is 1110. The van der Waals surface area contributed by atoms with Gasteiger partial charge in [0.05, 0.1) is 17.5 Å². The predicted octanol–water partition coefficient (Wildman–Crippen LogP) is 4.73. The van der Waals surface area contributed by atoms with Gasteiger partial charge in [0.25, 0.3) is 0 Å². The second-order valence-electron chi connectivity index (χ2n) is 6.71. The number of hydrogen-bond acceptors (Lipinski definition) is 2. The third kappa shape index (κ3) is 3.47. The third-order valence-electron chi connectivity index (χ3n) is 4.83. The van der Waals surface area contributed by atoms with E-state index in [0.29, 0.717) is 6.42 Å². The highest BCUT2D eigenvalue weighted by Gasteiger charge is 2.10. The summed E-state index contributed by atoms with van der Waals surface area (Å²) in [6, 6.07) is 23.9. The van der Waals surface area contributed by atoms with Crippen molar-refractivity contribution >= 4 is 22.6 Å². The van der Waals surface area contributed by atoms with Gasteiger partial charge in [-0.3, -0.25) is 4.79 Å². The molecular formula is C23H21N3O. The van der Waals surface area contributed by atoms with Crippen molar-refractivity contribution in [3.05, 3.63) is 83.9 Å². The Labute approximate surface area is 158 Å². The zero-order valence-electron chi connectivity index (χ0n) is 15.4. The molecule has 4 nitrogen and oxygen atoms in total. The number of para-hydroxylation sites is 2. The van der Waals surface area contributed by atoms with Crippen LogP contribution in [0.1, 0.15) is 11.1 Å². The van der Waals surface area contributed by atoms with E-state index in [1.54, 1.807) is 0 Å². The zero-order valence-corrected chi connectivity index (χ0v) is 15.4. The minimum Gasteiger partial charge on any atom is -0.327 e. The Balaban J connectivity index is 1.51. The minimum atomic E-state index is -0.0141. The summed E-state index contributed by atoms with van der Waals surface area (Å²) in [4.78, 5) is 17.0. The van der Waals surface area contributed by atoms with Gasteiger partial charge in [-0.25, -0.2) is 4.98 Å². The molecule has 1 heterocycles. The SMILES string of the molecule is Cc1ccccc1CC(=O)Nc1ccc(-c2nc3ccccc3n2C)cc1. The maximum Gasteiger partial charge on any atom is 0.228 e. The summed E-state index contributed by atoms with van der Waals surface area (Å²) < 4.78 is 2.08. The standard InChI is InChI=1S/C23H21N3O/c1-16-7-3-4-8-18(16)15-22(27)24-19-13-11-17(12-14-19)23-25-20-9-5-6-10-21(20)26(23)2/h3-14H,15H2,1-2H3,(H,24,27). The average Bonchev–Trinajstić information content (AvgIpc) is 3.01. The highest BCUT2D eigenvalue weighted by molar-refractivity contribution is 5.92. The molecule has 134 valence electrons. The first-order valence-corrected chi connectivity index (χ1v) is 8.98. The fourth-order valence-electron chi connectivity index (χ4n) is 3.29. The Morgan fingerprint density at radius 1 is 0.963 bits per heavy atom. The molecular weight excluding hydrogens is 334 g/mol. The third-order valence-corrected chi connectivity index (χ3v) is 4.83. The summed E-state index contributed by atoms with van der Waals surface area (Å²) in [7, 11) is 2.02. The van der Waals surface area contributed by atoms with Crippen LogP contribution in [0.2, 0.25) is 0 Å². The highest BCUT2D eigenvalue weighted by atomic mass is 16.1. The van der Waals surface area contributed by atoms with Gasteiger partial charge in [0.15, 0.2) is 0 Å². The van der Waals surface area contributed by atoms with Gasteiger partial charge in [-0.05, 0) is 54.4 Å². The lowest BCUT2D eigenvalue weighted by Gasteiger charge is -2.08. The number of aromatic nitrogens is 2. The van der Waals surface area contributed by atoms with E-state index in [0.717, 1.165) is 39.2 Å². The number of fused-ring (bicyclic) bond motifs is 1. The van der Waals surface area contributed by atoms with Crippen LogP contribution in [0.25, 0.3) is 22.4 Å². The number of nitrogens with zero attached hydrogens (tertiary/aromatic N) is 2. The Hall–Kier alpha value is -3.40. The van der Waals surface area contributed by atoms with Gasteiger partial charge in [-0.2, -0.15) is 0 Å². The minimum absolute atomic E-state index is 0.0141. The van der Waals surface area contributed by atoms with Gasteiger partial charge in [-0.1, -0.05) is 36.4 Å². The first-order valence-electron chi connectivity index (χ1n) is 8.98. The summed E-state index contributed by atoms with van der Waals surface area (Å²) in [6.45, 7) is 2.02. The molecule has 0 bridgehead atoms. The fraction of sp³-hybridized carbons (Fsp3) is 0.130. The van der Waals surface area contributed by atoms with Crippen molar-refractivity contribution in [2.75, 3.05) is 5.32 Å². The van der Waals surface area contributed by atoms with Crippen molar-refractivity contribution in [1.29, 1.82) is 0 Å². The Morgan fingerprint density at radius 3 is 2.41 bits per heavy atom. The molecule has 0 aliphatic heterocycles. The number of rotatable bonds is 4. The van der Waals surface area contributed by atoms with Crippen LogP contribution in [0.4, 0.5) is 5.69 Å². The molecule has 0 saturated carbocycles. The number of hydrogen-bond donors (Lipinski definition) is 1. The summed E-state index contributed by atoms with van der Waals surface area (Å²) in [6.07, 6.45) is 0.374. The molecule has 0 saturated heterocycles. The number of carbonyl (C=O) groups excluding carboxylic acids is 1. The fourth-order valence-corrected chi connectivity index (χ4v) is 3.29. The van der Waals surface area contributed by atoms with Crippen molar-refractivity contribution < 1.29 is 4.79 Å². The molecule has 4 aromatic rings. The molecule has 0 radical (unpaired) electrons. The summed E-state index contributed by atoms with van der Waals surface area (Å²) >= 11 is 0. The lowest BCUT2D eigenvalue weighted by molar-refractivity contribution is -0.115. The first-order chi connectivity index (χ1) is 13.1. The van der Waals surface area contributed by atoms with Crippen LogP contribution in [0.3, 0.4) is 0 Å². The van der Waals surface area contributed by atoms with Gasteiger partial charge in [0.1, 0.15) is 5.82 Å². The van der Waals surface area contributed by atoms with E-state index in [2.05, 4.69) is 16.0 Å².